The molecule has 0 aliphatic carbocycles. The van der Waals surface area contributed by atoms with Gasteiger partial charge in [-0.1, -0.05) is 359 Å². The number of allylic oxidation sites excluding steroid dienone is 6. The van der Waals surface area contributed by atoms with Crippen LogP contribution in [-0.4, -0.2) is 37.2 Å². The van der Waals surface area contributed by atoms with Crippen molar-refractivity contribution >= 4 is 17.9 Å². The van der Waals surface area contributed by atoms with E-state index < -0.39 is 6.10 Å². The van der Waals surface area contributed by atoms with Gasteiger partial charge >= 0.3 is 17.9 Å². The number of unbranched alkanes of at least 4 members (excludes halogenated alkanes) is 53. The van der Waals surface area contributed by atoms with Gasteiger partial charge in [-0.15, -0.1) is 0 Å². The highest BCUT2D eigenvalue weighted by molar-refractivity contribution is 5.71. The van der Waals surface area contributed by atoms with Crippen molar-refractivity contribution in [1.82, 2.24) is 0 Å². The number of carbonyl (C=O) groups excluding carboxylic acids is 3. The van der Waals surface area contributed by atoms with E-state index in [-0.39, 0.29) is 31.1 Å². The van der Waals surface area contributed by atoms with Crippen molar-refractivity contribution in [2.24, 2.45) is 0 Å². The number of hydrogen-bond acceptors (Lipinski definition) is 6. The average molecular weight is 1170 g/mol. The molecule has 6 nitrogen and oxygen atoms in total. The van der Waals surface area contributed by atoms with Crippen LogP contribution in [0.15, 0.2) is 36.5 Å². The SMILES string of the molecule is CCCCCCC/C=C\C/C=C\CCCCCCCCCCCCCCCCCCCCCCCCCC(=O)OCC(COC(=O)CCCCCCCCCCCCCC)OC(=O)CCCCCCCCC/C=C\CCCCCCCCC. The van der Waals surface area contributed by atoms with Gasteiger partial charge in [-0.25, -0.2) is 0 Å². The molecule has 0 saturated carbocycles. The maximum absolute atomic E-state index is 12.9. The standard InChI is InChI=1S/C77H144O6/c1-4-7-10-13-16-19-22-25-27-29-31-32-33-34-35-36-37-38-39-40-41-42-43-44-45-46-47-49-50-52-55-58-61-64-67-70-76(79)82-73-74(72-81-75(78)69-66-63-60-57-54-24-21-18-15-12-9-6-3)83-77(80)71-68-65-62-59-56-53-51-48-30-28-26-23-20-17-14-11-8-5-2/h22,25,28-31,74H,4-21,23-24,26-27,32-73H2,1-3H3/b25-22-,30-28-,31-29-. The van der Waals surface area contributed by atoms with Gasteiger partial charge < -0.3 is 14.2 Å². The Hall–Kier alpha value is -2.37. The van der Waals surface area contributed by atoms with E-state index in [1.165, 1.54) is 315 Å². The van der Waals surface area contributed by atoms with Gasteiger partial charge in [-0.05, 0) is 77.0 Å². The van der Waals surface area contributed by atoms with Crippen molar-refractivity contribution in [3.63, 3.8) is 0 Å². The summed E-state index contributed by atoms with van der Waals surface area (Å²) in [4.78, 5) is 38.4. The molecule has 1 atom stereocenters. The average Bonchev–Trinajstić information content (AvgIpc) is 3.49. The lowest BCUT2D eigenvalue weighted by Crippen LogP contribution is -2.30. The highest BCUT2D eigenvalue weighted by Crippen LogP contribution is 2.19. The highest BCUT2D eigenvalue weighted by atomic mass is 16.6. The van der Waals surface area contributed by atoms with Crippen molar-refractivity contribution in [3.8, 4) is 0 Å². The predicted molar refractivity (Wildman–Crippen MR) is 362 cm³/mol. The normalized spacial score (nSPS) is 12.2. The molecule has 0 bridgehead atoms. The van der Waals surface area contributed by atoms with Crippen LogP contribution in [0.25, 0.3) is 0 Å². The van der Waals surface area contributed by atoms with Crippen molar-refractivity contribution in [3.05, 3.63) is 36.5 Å². The predicted octanol–water partition coefficient (Wildman–Crippen LogP) is 25.9. The Morgan fingerprint density at radius 1 is 0.241 bits per heavy atom. The molecule has 0 aromatic rings. The summed E-state index contributed by atoms with van der Waals surface area (Å²) < 4.78 is 17.0. The minimum absolute atomic E-state index is 0.0671. The molecule has 0 spiro atoms. The number of ether oxygens (including phenoxy) is 3. The third-order valence-electron chi connectivity index (χ3n) is 17.1. The second-order valence-electron chi connectivity index (χ2n) is 25.6. The molecule has 0 saturated heterocycles. The zero-order valence-corrected chi connectivity index (χ0v) is 56.2. The Morgan fingerprint density at radius 3 is 0.675 bits per heavy atom. The fourth-order valence-corrected chi connectivity index (χ4v) is 11.5. The first-order valence-corrected chi connectivity index (χ1v) is 37.5. The van der Waals surface area contributed by atoms with Crippen LogP contribution in [-0.2, 0) is 28.6 Å². The van der Waals surface area contributed by atoms with Crippen molar-refractivity contribution in [2.75, 3.05) is 13.2 Å². The fourth-order valence-electron chi connectivity index (χ4n) is 11.5. The largest absolute Gasteiger partial charge is 0.462 e. The van der Waals surface area contributed by atoms with E-state index in [4.69, 9.17) is 14.2 Å². The first-order chi connectivity index (χ1) is 41.0. The van der Waals surface area contributed by atoms with Gasteiger partial charge in [0.25, 0.3) is 0 Å². The molecule has 0 heterocycles. The van der Waals surface area contributed by atoms with Gasteiger partial charge in [-0.2, -0.15) is 0 Å². The molecule has 0 aromatic heterocycles. The van der Waals surface area contributed by atoms with E-state index in [0.29, 0.717) is 19.3 Å². The van der Waals surface area contributed by atoms with Crippen LogP contribution in [0.3, 0.4) is 0 Å². The molecule has 0 fully saturated rings. The molecule has 83 heavy (non-hydrogen) atoms. The minimum atomic E-state index is -0.771. The summed E-state index contributed by atoms with van der Waals surface area (Å²) in [6.45, 7) is 6.69. The summed E-state index contributed by atoms with van der Waals surface area (Å²) in [5.41, 5.74) is 0. The topological polar surface area (TPSA) is 78.9 Å². The Bertz CT molecular complexity index is 1380. The van der Waals surface area contributed by atoms with Crippen LogP contribution in [0.4, 0.5) is 0 Å². The summed E-state index contributed by atoms with van der Waals surface area (Å²) >= 11 is 0. The second-order valence-corrected chi connectivity index (χ2v) is 25.6. The van der Waals surface area contributed by atoms with E-state index in [0.717, 1.165) is 64.2 Å². The third-order valence-corrected chi connectivity index (χ3v) is 17.1. The Kier molecular flexibility index (Phi) is 70.0. The number of carbonyl (C=O) groups is 3. The van der Waals surface area contributed by atoms with E-state index in [9.17, 15) is 14.4 Å². The molecular weight excluding hydrogens is 1020 g/mol. The number of rotatable bonds is 70. The van der Waals surface area contributed by atoms with Gasteiger partial charge in [0, 0.05) is 19.3 Å². The lowest BCUT2D eigenvalue weighted by Gasteiger charge is -2.18. The molecule has 6 heteroatoms. The Morgan fingerprint density at radius 2 is 0.434 bits per heavy atom. The zero-order valence-electron chi connectivity index (χ0n) is 56.2. The van der Waals surface area contributed by atoms with Gasteiger partial charge in [0.05, 0.1) is 0 Å². The van der Waals surface area contributed by atoms with Gasteiger partial charge in [-0.3, -0.25) is 14.4 Å². The molecule has 0 aliphatic rings. The maximum Gasteiger partial charge on any atom is 0.306 e. The van der Waals surface area contributed by atoms with Gasteiger partial charge in [0.2, 0.25) is 0 Å². The number of hydrogen-bond donors (Lipinski definition) is 0. The van der Waals surface area contributed by atoms with Crippen LogP contribution in [0.5, 0.6) is 0 Å². The van der Waals surface area contributed by atoms with Crippen LogP contribution in [0, 0.1) is 0 Å². The zero-order chi connectivity index (χ0) is 59.9. The lowest BCUT2D eigenvalue weighted by molar-refractivity contribution is -0.167. The number of esters is 3. The lowest BCUT2D eigenvalue weighted by atomic mass is 10.0. The summed E-state index contributed by atoms with van der Waals surface area (Å²) in [5.74, 6) is -0.841. The van der Waals surface area contributed by atoms with Crippen LogP contribution in [0.2, 0.25) is 0 Å². The molecule has 0 radical (unpaired) electrons. The quantitative estimate of drug-likeness (QED) is 0.0261. The molecule has 0 aliphatic heterocycles. The van der Waals surface area contributed by atoms with E-state index in [1.807, 2.05) is 0 Å². The van der Waals surface area contributed by atoms with Crippen molar-refractivity contribution < 1.29 is 28.6 Å². The maximum atomic E-state index is 12.9. The van der Waals surface area contributed by atoms with E-state index >= 15 is 0 Å². The third kappa shape index (κ3) is 70.3. The van der Waals surface area contributed by atoms with Crippen LogP contribution >= 0.6 is 0 Å². The van der Waals surface area contributed by atoms with Gasteiger partial charge in [0.15, 0.2) is 6.10 Å². The molecule has 488 valence electrons. The fraction of sp³-hybridized carbons (Fsp3) is 0.883. The first kappa shape index (κ1) is 80.6. The minimum Gasteiger partial charge on any atom is -0.462 e. The van der Waals surface area contributed by atoms with Crippen LogP contribution < -0.4 is 0 Å². The summed E-state index contributed by atoms with van der Waals surface area (Å²) in [6.07, 6.45) is 90.6. The van der Waals surface area contributed by atoms with Crippen molar-refractivity contribution in [2.45, 2.75) is 425 Å². The molecule has 0 amide bonds. The van der Waals surface area contributed by atoms with E-state index in [2.05, 4.69) is 57.2 Å². The Balaban J connectivity index is 4.06. The second kappa shape index (κ2) is 72.1. The van der Waals surface area contributed by atoms with Gasteiger partial charge in [0.1, 0.15) is 13.2 Å². The van der Waals surface area contributed by atoms with E-state index in [1.54, 1.807) is 0 Å². The summed E-state index contributed by atoms with van der Waals surface area (Å²) in [5, 5.41) is 0. The molecule has 0 rings (SSSR count). The monoisotopic (exact) mass is 1170 g/mol. The molecule has 1 unspecified atom stereocenters. The first-order valence-electron chi connectivity index (χ1n) is 37.5. The summed E-state index contributed by atoms with van der Waals surface area (Å²) in [6, 6.07) is 0. The van der Waals surface area contributed by atoms with Crippen molar-refractivity contribution in [1.29, 1.82) is 0 Å². The molecule has 0 N–H and O–H groups in total. The smallest absolute Gasteiger partial charge is 0.306 e. The van der Waals surface area contributed by atoms with Crippen LogP contribution in [0.1, 0.15) is 419 Å². The Labute approximate surface area is 518 Å². The molecule has 0 aromatic carbocycles. The molecular formula is C77H144O6. The summed E-state index contributed by atoms with van der Waals surface area (Å²) in [7, 11) is 0. The highest BCUT2D eigenvalue weighted by Gasteiger charge is 2.20.